The molecule has 0 aliphatic heterocycles. The highest BCUT2D eigenvalue weighted by atomic mass is 16.1. The normalized spacial score (nSPS) is 18.9. The SMILES string of the molecule is CC(=O)CCCCCCCCCCCCCCC(=O)NCC1CCC(C(C)=O)CC1. The van der Waals surface area contributed by atoms with Crippen molar-refractivity contribution in [2.45, 2.75) is 129 Å². The molecule has 0 saturated heterocycles. The van der Waals surface area contributed by atoms with E-state index in [1.807, 2.05) is 0 Å². The van der Waals surface area contributed by atoms with Gasteiger partial charge in [0.1, 0.15) is 11.6 Å². The highest BCUT2D eigenvalue weighted by Crippen LogP contribution is 2.28. The molecule has 1 N–H and O–H groups in total. The van der Waals surface area contributed by atoms with E-state index >= 15 is 0 Å². The number of carbonyl (C=O) groups is 3. The summed E-state index contributed by atoms with van der Waals surface area (Å²) in [4.78, 5) is 34.3. The average molecular weight is 422 g/mol. The molecule has 4 heteroatoms. The van der Waals surface area contributed by atoms with Crippen LogP contribution < -0.4 is 5.32 Å². The molecule has 0 aromatic rings. The number of unbranched alkanes of at least 4 members (excludes halogenated alkanes) is 11. The minimum absolute atomic E-state index is 0.201. The van der Waals surface area contributed by atoms with Gasteiger partial charge in [0, 0.05) is 25.3 Å². The van der Waals surface area contributed by atoms with Crippen LogP contribution in [-0.2, 0) is 14.4 Å². The summed E-state index contributed by atoms with van der Waals surface area (Å²) in [6.45, 7) is 4.18. The fourth-order valence-electron chi connectivity index (χ4n) is 4.55. The van der Waals surface area contributed by atoms with Gasteiger partial charge in [0.2, 0.25) is 5.91 Å². The van der Waals surface area contributed by atoms with Gasteiger partial charge in [-0.05, 0) is 58.3 Å². The van der Waals surface area contributed by atoms with Crippen molar-refractivity contribution >= 4 is 17.5 Å². The van der Waals surface area contributed by atoms with E-state index in [4.69, 9.17) is 0 Å². The van der Waals surface area contributed by atoms with Crippen molar-refractivity contribution in [1.29, 1.82) is 0 Å². The van der Waals surface area contributed by atoms with E-state index in [2.05, 4.69) is 5.32 Å². The number of rotatable bonds is 18. The van der Waals surface area contributed by atoms with E-state index in [1.165, 1.54) is 57.8 Å². The Morgan fingerprint density at radius 2 is 1.07 bits per heavy atom. The van der Waals surface area contributed by atoms with Gasteiger partial charge in [0.15, 0.2) is 0 Å². The second-order valence-corrected chi connectivity index (χ2v) is 9.58. The standard InChI is InChI=1S/C26H47NO3/c1-22(28)15-13-11-9-7-5-3-4-6-8-10-12-14-16-26(30)27-21-24-17-19-25(20-18-24)23(2)29/h24-25H,3-21H2,1-2H3,(H,27,30). The number of hydrogen-bond acceptors (Lipinski definition) is 3. The number of hydrogen-bond donors (Lipinski definition) is 1. The van der Waals surface area contributed by atoms with Crippen molar-refractivity contribution in [1.82, 2.24) is 5.32 Å². The Hall–Kier alpha value is -1.19. The van der Waals surface area contributed by atoms with Gasteiger partial charge in [-0.25, -0.2) is 0 Å². The molecule has 1 aliphatic rings. The third kappa shape index (κ3) is 14.7. The molecule has 0 bridgehead atoms. The van der Waals surface area contributed by atoms with Gasteiger partial charge in [-0.2, -0.15) is 0 Å². The van der Waals surface area contributed by atoms with Gasteiger partial charge in [-0.15, -0.1) is 0 Å². The highest BCUT2D eigenvalue weighted by Gasteiger charge is 2.23. The van der Waals surface area contributed by atoms with E-state index in [-0.39, 0.29) is 11.8 Å². The number of carbonyl (C=O) groups excluding carboxylic acids is 3. The van der Waals surface area contributed by atoms with Gasteiger partial charge >= 0.3 is 0 Å². The van der Waals surface area contributed by atoms with Gasteiger partial charge in [0.25, 0.3) is 0 Å². The molecule has 0 radical (unpaired) electrons. The highest BCUT2D eigenvalue weighted by molar-refractivity contribution is 5.78. The smallest absolute Gasteiger partial charge is 0.220 e. The first-order valence-electron chi connectivity index (χ1n) is 12.8. The fraction of sp³-hybridized carbons (Fsp3) is 0.885. The van der Waals surface area contributed by atoms with Crippen molar-refractivity contribution in [3.63, 3.8) is 0 Å². The van der Waals surface area contributed by atoms with Crippen molar-refractivity contribution in [2.24, 2.45) is 11.8 Å². The molecule has 30 heavy (non-hydrogen) atoms. The minimum Gasteiger partial charge on any atom is -0.356 e. The predicted octanol–water partition coefficient (Wildman–Crippen LogP) is 6.55. The van der Waals surface area contributed by atoms with Gasteiger partial charge in [-0.1, -0.05) is 64.2 Å². The van der Waals surface area contributed by atoms with Crippen molar-refractivity contribution in [3.05, 3.63) is 0 Å². The molecular formula is C26H47NO3. The van der Waals surface area contributed by atoms with Crippen molar-refractivity contribution in [3.8, 4) is 0 Å². The molecule has 1 aliphatic carbocycles. The van der Waals surface area contributed by atoms with Crippen LogP contribution in [-0.4, -0.2) is 24.0 Å². The van der Waals surface area contributed by atoms with Crippen LogP contribution in [0.15, 0.2) is 0 Å². The van der Waals surface area contributed by atoms with Crippen LogP contribution in [0.5, 0.6) is 0 Å². The van der Waals surface area contributed by atoms with E-state index in [0.29, 0.717) is 23.9 Å². The first-order chi connectivity index (χ1) is 14.5. The lowest BCUT2D eigenvalue weighted by Crippen LogP contribution is -2.32. The number of ketones is 2. The molecule has 0 aromatic carbocycles. The molecule has 4 nitrogen and oxygen atoms in total. The maximum atomic E-state index is 12.0. The molecule has 174 valence electrons. The summed E-state index contributed by atoms with van der Waals surface area (Å²) in [7, 11) is 0. The van der Waals surface area contributed by atoms with Crippen LogP contribution in [0.25, 0.3) is 0 Å². The van der Waals surface area contributed by atoms with Crippen LogP contribution in [0.3, 0.4) is 0 Å². The Balaban J connectivity index is 1.81. The molecule has 0 aromatic heterocycles. The Labute approximate surface area is 185 Å². The second-order valence-electron chi connectivity index (χ2n) is 9.58. The Morgan fingerprint density at radius 1 is 0.633 bits per heavy atom. The van der Waals surface area contributed by atoms with E-state index in [1.54, 1.807) is 13.8 Å². The summed E-state index contributed by atoms with van der Waals surface area (Å²) >= 11 is 0. The molecule has 0 atom stereocenters. The summed E-state index contributed by atoms with van der Waals surface area (Å²) in [6.07, 6.45) is 20.4. The number of nitrogens with one attached hydrogen (secondary N) is 1. The topological polar surface area (TPSA) is 63.2 Å². The molecule has 1 saturated carbocycles. The van der Waals surface area contributed by atoms with Crippen LogP contribution in [0.2, 0.25) is 0 Å². The zero-order chi connectivity index (χ0) is 22.0. The lowest BCUT2D eigenvalue weighted by molar-refractivity contribution is -0.123. The minimum atomic E-state index is 0.201. The van der Waals surface area contributed by atoms with E-state index in [9.17, 15) is 14.4 Å². The summed E-state index contributed by atoms with van der Waals surface area (Å²) < 4.78 is 0. The third-order valence-electron chi connectivity index (χ3n) is 6.69. The van der Waals surface area contributed by atoms with Gasteiger partial charge in [0.05, 0.1) is 0 Å². The monoisotopic (exact) mass is 421 g/mol. The van der Waals surface area contributed by atoms with Crippen molar-refractivity contribution < 1.29 is 14.4 Å². The summed E-state index contributed by atoms with van der Waals surface area (Å²) in [5, 5.41) is 3.10. The Morgan fingerprint density at radius 3 is 1.50 bits per heavy atom. The van der Waals surface area contributed by atoms with Gasteiger partial charge in [-0.3, -0.25) is 9.59 Å². The first-order valence-corrected chi connectivity index (χ1v) is 12.8. The molecule has 1 fully saturated rings. The second kappa shape index (κ2) is 17.5. The average Bonchev–Trinajstić information content (AvgIpc) is 2.72. The lowest BCUT2D eigenvalue weighted by atomic mass is 9.80. The maximum Gasteiger partial charge on any atom is 0.220 e. The first kappa shape index (κ1) is 26.8. The zero-order valence-corrected chi connectivity index (χ0v) is 19.8. The van der Waals surface area contributed by atoms with E-state index in [0.717, 1.165) is 57.9 Å². The quantitative estimate of drug-likeness (QED) is 0.255. The molecule has 1 rings (SSSR count). The van der Waals surface area contributed by atoms with Crippen LogP contribution in [0, 0.1) is 11.8 Å². The van der Waals surface area contributed by atoms with Crippen LogP contribution in [0.4, 0.5) is 0 Å². The van der Waals surface area contributed by atoms with Gasteiger partial charge < -0.3 is 10.1 Å². The molecule has 1 amide bonds. The summed E-state index contributed by atoms with van der Waals surface area (Å²) in [5.41, 5.74) is 0. The largest absolute Gasteiger partial charge is 0.356 e. The molecule has 0 spiro atoms. The molecule has 0 heterocycles. The predicted molar refractivity (Wildman–Crippen MR) is 124 cm³/mol. The van der Waals surface area contributed by atoms with Crippen LogP contribution in [0.1, 0.15) is 129 Å². The number of amides is 1. The maximum absolute atomic E-state index is 12.0. The summed E-state index contributed by atoms with van der Waals surface area (Å²) in [6, 6.07) is 0. The zero-order valence-electron chi connectivity index (χ0n) is 19.8. The molecule has 0 unspecified atom stereocenters. The van der Waals surface area contributed by atoms with Crippen LogP contribution >= 0.6 is 0 Å². The summed E-state index contributed by atoms with van der Waals surface area (Å²) in [5.74, 6) is 1.67. The Bertz CT molecular complexity index is 481. The number of Topliss-reactive ketones (excluding diaryl/α,β-unsaturated/α-hetero) is 2. The fourth-order valence-corrected chi connectivity index (χ4v) is 4.55. The van der Waals surface area contributed by atoms with Crippen molar-refractivity contribution in [2.75, 3.05) is 6.54 Å². The lowest BCUT2D eigenvalue weighted by Gasteiger charge is -2.27. The Kier molecular flexibility index (Phi) is 15.6. The molecular weight excluding hydrogens is 374 g/mol. The van der Waals surface area contributed by atoms with E-state index < -0.39 is 0 Å². The third-order valence-corrected chi connectivity index (χ3v) is 6.69.